The zero-order chi connectivity index (χ0) is 22.8. The van der Waals surface area contributed by atoms with Crippen LogP contribution in [0.25, 0.3) is 11.4 Å². The van der Waals surface area contributed by atoms with Crippen molar-refractivity contribution in [1.29, 1.82) is 0 Å². The first-order valence-corrected chi connectivity index (χ1v) is 14.0. The summed E-state index contributed by atoms with van der Waals surface area (Å²) >= 11 is 1.37. The van der Waals surface area contributed by atoms with Crippen molar-refractivity contribution in [2.24, 2.45) is 0 Å². The molecule has 2 saturated heterocycles. The second-order valence-corrected chi connectivity index (χ2v) is 11.7. The maximum Gasteiger partial charge on any atom is 0.243 e. The molecule has 0 unspecified atom stereocenters. The number of hydrogen-bond acceptors (Lipinski definition) is 7. The summed E-state index contributed by atoms with van der Waals surface area (Å²) in [6.07, 6.45) is 5.99. The highest BCUT2D eigenvalue weighted by atomic mass is 32.2. The van der Waals surface area contributed by atoms with E-state index in [0.29, 0.717) is 41.6 Å². The van der Waals surface area contributed by atoms with Crippen molar-refractivity contribution in [2.75, 3.05) is 25.4 Å². The van der Waals surface area contributed by atoms with E-state index in [2.05, 4.69) is 15.5 Å². The number of sulfonamides is 1. The van der Waals surface area contributed by atoms with E-state index in [1.165, 1.54) is 11.8 Å². The number of nitrogens with one attached hydrogen (secondary N) is 1. The van der Waals surface area contributed by atoms with Crippen molar-refractivity contribution in [3.8, 4) is 11.4 Å². The quantitative estimate of drug-likeness (QED) is 0.536. The molecule has 0 radical (unpaired) electrons. The van der Waals surface area contributed by atoms with Gasteiger partial charge < -0.3 is 10.1 Å². The molecule has 1 aliphatic carbocycles. The van der Waals surface area contributed by atoms with E-state index in [1.54, 1.807) is 28.6 Å². The normalized spacial score (nSPS) is 21.5. The van der Waals surface area contributed by atoms with Gasteiger partial charge in [-0.3, -0.25) is 9.36 Å². The summed E-state index contributed by atoms with van der Waals surface area (Å²) in [4.78, 5) is 12.5. The van der Waals surface area contributed by atoms with E-state index >= 15 is 0 Å². The van der Waals surface area contributed by atoms with Gasteiger partial charge in [0.05, 0.1) is 23.3 Å². The summed E-state index contributed by atoms with van der Waals surface area (Å²) in [6.45, 7) is 2.50. The predicted octanol–water partition coefficient (Wildman–Crippen LogP) is 2.28. The van der Waals surface area contributed by atoms with Crippen molar-refractivity contribution in [1.82, 2.24) is 24.4 Å². The van der Waals surface area contributed by atoms with Gasteiger partial charge >= 0.3 is 0 Å². The van der Waals surface area contributed by atoms with Crippen LogP contribution in [0.1, 0.15) is 38.5 Å². The van der Waals surface area contributed by atoms with E-state index < -0.39 is 10.0 Å². The van der Waals surface area contributed by atoms with Gasteiger partial charge in [0, 0.05) is 31.3 Å². The fourth-order valence-corrected chi connectivity index (χ4v) is 6.52. The zero-order valence-corrected chi connectivity index (χ0v) is 20.1. The lowest BCUT2D eigenvalue weighted by molar-refractivity contribution is -0.118. The lowest BCUT2D eigenvalue weighted by Crippen LogP contribution is -2.27. The first kappa shape index (κ1) is 22.8. The molecule has 0 spiro atoms. The van der Waals surface area contributed by atoms with Gasteiger partial charge in [-0.05, 0) is 62.8 Å². The molecule has 1 aromatic carbocycles. The first-order chi connectivity index (χ1) is 16.0. The van der Waals surface area contributed by atoms with Gasteiger partial charge in [0.15, 0.2) is 11.0 Å². The SMILES string of the molecule is O=C(CSc1nnc(-c2ccc(S(=O)(=O)N3CCCC3)cc2)n1C[C@@H]1CCCO1)NC1CC1. The number of ether oxygens (including phenoxy) is 1. The van der Waals surface area contributed by atoms with Crippen LogP contribution < -0.4 is 5.32 Å². The summed E-state index contributed by atoms with van der Waals surface area (Å²) in [7, 11) is -3.46. The van der Waals surface area contributed by atoms with Crippen molar-refractivity contribution < 1.29 is 17.9 Å². The number of carbonyl (C=O) groups is 1. The molecule has 1 atom stereocenters. The Morgan fingerprint density at radius 2 is 1.85 bits per heavy atom. The third kappa shape index (κ3) is 5.26. The second-order valence-electron chi connectivity index (χ2n) is 8.82. The molecule has 11 heteroatoms. The molecule has 1 N–H and O–H groups in total. The van der Waals surface area contributed by atoms with Gasteiger partial charge in [-0.2, -0.15) is 4.31 Å². The molecular weight excluding hydrogens is 462 g/mol. The predicted molar refractivity (Wildman–Crippen MR) is 124 cm³/mol. The van der Waals surface area contributed by atoms with Gasteiger partial charge in [-0.15, -0.1) is 10.2 Å². The third-order valence-electron chi connectivity index (χ3n) is 6.22. The highest BCUT2D eigenvalue weighted by Crippen LogP contribution is 2.29. The standard InChI is InChI=1S/C22H29N5O4S2/c28-20(23-17-7-8-17)15-32-22-25-24-21(27(22)14-18-4-3-13-31-18)16-5-9-19(10-6-16)33(29,30)26-11-1-2-12-26/h5-6,9-10,17-18H,1-4,7-8,11-15H2,(H,23,28)/t18-/m0/s1. The Hall–Kier alpha value is -1.95. The molecule has 33 heavy (non-hydrogen) atoms. The number of amides is 1. The molecule has 178 valence electrons. The minimum Gasteiger partial charge on any atom is -0.376 e. The van der Waals surface area contributed by atoms with Gasteiger partial charge in [-0.25, -0.2) is 8.42 Å². The van der Waals surface area contributed by atoms with Crippen LogP contribution in [-0.2, 0) is 26.1 Å². The Balaban J connectivity index is 1.36. The lowest BCUT2D eigenvalue weighted by atomic mass is 10.2. The van der Waals surface area contributed by atoms with Crippen LogP contribution in [0.4, 0.5) is 0 Å². The van der Waals surface area contributed by atoms with E-state index in [9.17, 15) is 13.2 Å². The minimum absolute atomic E-state index is 0.00666. The van der Waals surface area contributed by atoms with E-state index in [1.807, 2.05) is 4.57 Å². The van der Waals surface area contributed by atoms with E-state index in [4.69, 9.17) is 4.74 Å². The number of rotatable bonds is 9. The molecule has 0 bridgehead atoms. The van der Waals surface area contributed by atoms with Crippen LogP contribution in [0, 0.1) is 0 Å². The van der Waals surface area contributed by atoms with Crippen molar-refractivity contribution in [2.45, 2.75) is 67.3 Å². The van der Waals surface area contributed by atoms with Crippen molar-refractivity contribution >= 4 is 27.7 Å². The molecule has 3 heterocycles. The van der Waals surface area contributed by atoms with Crippen LogP contribution in [0.3, 0.4) is 0 Å². The smallest absolute Gasteiger partial charge is 0.243 e. The number of aromatic nitrogens is 3. The zero-order valence-electron chi connectivity index (χ0n) is 18.5. The number of carbonyl (C=O) groups excluding carboxylic acids is 1. The highest BCUT2D eigenvalue weighted by molar-refractivity contribution is 7.99. The van der Waals surface area contributed by atoms with E-state index in [-0.39, 0.29) is 17.8 Å². The summed E-state index contributed by atoms with van der Waals surface area (Å²) in [5.74, 6) is 0.945. The Labute approximate surface area is 198 Å². The molecule has 1 saturated carbocycles. The van der Waals surface area contributed by atoms with Crippen LogP contribution in [0.15, 0.2) is 34.3 Å². The van der Waals surface area contributed by atoms with Gasteiger partial charge in [0.25, 0.3) is 0 Å². The molecule has 5 rings (SSSR count). The summed E-state index contributed by atoms with van der Waals surface area (Å²) in [5.41, 5.74) is 0.787. The van der Waals surface area contributed by atoms with Crippen LogP contribution in [0.2, 0.25) is 0 Å². The fourth-order valence-electron chi connectivity index (χ4n) is 4.25. The number of thioether (sulfide) groups is 1. The fraction of sp³-hybridized carbons (Fsp3) is 0.591. The molecule has 3 fully saturated rings. The third-order valence-corrected chi connectivity index (χ3v) is 9.10. The Morgan fingerprint density at radius 1 is 1.09 bits per heavy atom. The Morgan fingerprint density at radius 3 is 2.52 bits per heavy atom. The topological polar surface area (TPSA) is 106 Å². The van der Waals surface area contributed by atoms with Crippen molar-refractivity contribution in [3.63, 3.8) is 0 Å². The average molecular weight is 492 g/mol. The molecule has 2 aliphatic heterocycles. The van der Waals surface area contributed by atoms with E-state index in [0.717, 1.165) is 50.7 Å². The largest absolute Gasteiger partial charge is 0.376 e. The summed E-state index contributed by atoms with van der Waals surface area (Å²) in [5, 5.41) is 12.4. The summed E-state index contributed by atoms with van der Waals surface area (Å²) < 4.78 is 35.1. The Kier molecular flexibility index (Phi) is 6.73. The van der Waals surface area contributed by atoms with Gasteiger partial charge in [0.1, 0.15) is 0 Å². The summed E-state index contributed by atoms with van der Waals surface area (Å²) in [6, 6.07) is 7.18. The lowest BCUT2D eigenvalue weighted by Gasteiger charge is -2.16. The van der Waals surface area contributed by atoms with Gasteiger partial charge in [0.2, 0.25) is 15.9 Å². The van der Waals surface area contributed by atoms with Crippen LogP contribution in [0.5, 0.6) is 0 Å². The molecule has 3 aliphatic rings. The number of nitrogens with zero attached hydrogens (tertiary/aromatic N) is 4. The first-order valence-electron chi connectivity index (χ1n) is 11.6. The minimum atomic E-state index is -3.46. The van der Waals surface area contributed by atoms with Gasteiger partial charge in [-0.1, -0.05) is 11.8 Å². The number of benzene rings is 1. The highest BCUT2D eigenvalue weighted by Gasteiger charge is 2.28. The molecule has 1 aromatic heterocycles. The molecule has 2 aromatic rings. The number of hydrogen-bond donors (Lipinski definition) is 1. The van der Waals surface area contributed by atoms with Crippen molar-refractivity contribution in [3.05, 3.63) is 24.3 Å². The average Bonchev–Trinajstić information content (AvgIpc) is 3.24. The maximum absolute atomic E-state index is 12.8. The Bertz CT molecular complexity index is 1090. The molecular formula is C22H29N5O4S2. The maximum atomic E-state index is 12.8. The van der Waals surface area contributed by atoms with Crippen LogP contribution >= 0.6 is 11.8 Å². The monoisotopic (exact) mass is 491 g/mol. The molecule has 1 amide bonds. The van der Waals surface area contributed by atoms with Crippen LogP contribution in [-0.4, -0.2) is 71.0 Å². The molecule has 9 nitrogen and oxygen atoms in total. The second kappa shape index (κ2) is 9.73.